The number of hydrogen-bond acceptors (Lipinski definition) is 7. The number of nitrogens with zero attached hydrogens (tertiary/aromatic N) is 5. The van der Waals surface area contributed by atoms with Gasteiger partial charge < -0.3 is 10.6 Å². The molecule has 1 unspecified atom stereocenters. The summed E-state index contributed by atoms with van der Waals surface area (Å²) < 4.78 is 0. The van der Waals surface area contributed by atoms with Crippen LogP contribution in [0.5, 0.6) is 0 Å². The molecule has 3 N–H and O–H groups in total. The van der Waals surface area contributed by atoms with Gasteiger partial charge >= 0.3 is 0 Å². The second-order valence-corrected chi connectivity index (χ2v) is 9.77. The number of thiazole rings is 1. The van der Waals surface area contributed by atoms with Gasteiger partial charge in [0.2, 0.25) is 5.65 Å². The maximum atomic E-state index is 6.62. The molecule has 2 aliphatic rings. The molecule has 1 aliphatic carbocycles. The van der Waals surface area contributed by atoms with Crippen LogP contribution >= 0.6 is 11.3 Å². The molecule has 4 heterocycles. The first kappa shape index (κ1) is 18.9. The number of hydrogen-bond donors (Lipinski definition) is 2. The Labute approximate surface area is 184 Å². The Morgan fingerprint density at radius 1 is 1.19 bits per heavy atom. The van der Waals surface area contributed by atoms with Crippen molar-refractivity contribution in [3.8, 4) is 0 Å². The van der Waals surface area contributed by atoms with Gasteiger partial charge in [-0.3, -0.25) is 5.10 Å². The van der Waals surface area contributed by atoms with Crippen molar-refractivity contribution < 1.29 is 0 Å². The second-order valence-electron chi connectivity index (χ2n) is 8.83. The molecule has 0 saturated carbocycles. The number of nitrogens with two attached hydrogens (primary N) is 1. The maximum absolute atomic E-state index is 6.62. The van der Waals surface area contributed by atoms with Crippen molar-refractivity contribution in [1.82, 2.24) is 25.1 Å². The van der Waals surface area contributed by atoms with Crippen LogP contribution in [0.25, 0.3) is 11.2 Å². The van der Waals surface area contributed by atoms with Crippen molar-refractivity contribution in [2.75, 3.05) is 18.0 Å². The Hall–Kier alpha value is -2.84. The van der Waals surface area contributed by atoms with Crippen molar-refractivity contribution >= 4 is 28.3 Å². The zero-order chi connectivity index (χ0) is 21.0. The fraction of sp³-hybridized carbons (Fsp3) is 0.391. The molecule has 4 aromatic rings. The van der Waals surface area contributed by atoms with E-state index in [0.29, 0.717) is 5.65 Å². The molecule has 158 valence electrons. The number of anilines is 1. The molecule has 2 atom stereocenters. The molecule has 0 amide bonds. The first-order valence-corrected chi connectivity index (χ1v) is 11.7. The quantitative estimate of drug-likeness (QED) is 0.512. The summed E-state index contributed by atoms with van der Waals surface area (Å²) in [7, 11) is 0. The van der Waals surface area contributed by atoms with E-state index in [9.17, 15) is 0 Å². The zero-order valence-corrected chi connectivity index (χ0v) is 18.3. The van der Waals surface area contributed by atoms with E-state index < -0.39 is 0 Å². The Morgan fingerprint density at radius 2 is 2.00 bits per heavy atom. The molecule has 8 heteroatoms. The summed E-state index contributed by atoms with van der Waals surface area (Å²) in [5.74, 6) is 1.08. The minimum Gasteiger partial charge on any atom is -0.355 e. The molecule has 1 saturated heterocycles. The van der Waals surface area contributed by atoms with Gasteiger partial charge in [0.15, 0.2) is 0 Å². The second kappa shape index (κ2) is 7.10. The van der Waals surface area contributed by atoms with E-state index in [1.807, 2.05) is 17.8 Å². The van der Waals surface area contributed by atoms with Gasteiger partial charge in [0.05, 0.1) is 29.1 Å². The molecular formula is C23H25N7S. The Balaban J connectivity index is 1.22. The molecule has 1 aromatic carbocycles. The number of aromatic amines is 1. The summed E-state index contributed by atoms with van der Waals surface area (Å²) in [6, 6.07) is 10.5. The van der Waals surface area contributed by atoms with Crippen molar-refractivity contribution in [1.29, 1.82) is 0 Å². The highest BCUT2D eigenvalue weighted by molar-refractivity contribution is 7.09. The predicted octanol–water partition coefficient (Wildman–Crippen LogP) is 3.80. The number of piperidine rings is 1. The standard InChI is InChI=1S/C23H25N7S/c1-14(15-5-3-2-4-6-15)18-20-22(29-28-18)27-17(12-25-20)30-9-7-23(8-10-30)11-16-19(21(23)24)26-13-31-16/h2-6,12-14,21H,7-11,24H2,1H3,(H,27,28,29)/t14?,21-/m1/s1. The van der Waals surface area contributed by atoms with E-state index in [1.54, 1.807) is 11.3 Å². The molecular weight excluding hydrogens is 406 g/mol. The maximum Gasteiger partial charge on any atom is 0.201 e. The highest BCUT2D eigenvalue weighted by Gasteiger charge is 2.47. The molecule has 6 rings (SSSR count). The lowest BCUT2D eigenvalue weighted by atomic mass is 9.73. The molecule has 1 aliphatic heterocycles. The number of rotatable bonds is 3. The Kier molecular flexibility index (Phi) is 4.33. The van der Waals surface area contributed by atoms with Crippen LogP contribution in [0, 0.1) is 5.41 Å². The van der Waals surface area contributed by atoms with Crippen molar-refractivity contribution in [2.45, 2.75) is 38.1 Å². The zero-order valence-electron chi connectivity index (χ0n) is 17.5. The third kappa shape index (κ3) is 2.96. The van der Waals surface area contributed by atoms with E-state index in [0.717, 1.165) is 55.1 Å². The van der Waals surface area contributed by atoms with Crippen molar-refractivity contribution in [3.63, 3.8) is 0 Å². The normalized spacial score (nSPS) is 21.0. The average molecular weight is 432 g/mol. The Bertz CT molecular complexity index is 1220. The van der Waals surface area contributed by atoms with Crippen molar-refractivity contribution in [3.05, 3.63) is 63.9 Å². The average Bonchev–Trinajstić information content (AvgIpc) is 3.50. The van der Waals surface area contributed by atoms with Crippen LogP contribution in [0.4, 0.5) is 5.82 Å². The van der Waals surface area contributed by atoms with Crippen LogP contribution in [0.15, 0.2) is 42.0 Å². The summed E-state index contributed by atoms with van der Waals surface area (Å²) in [6.07, 6.45) is 5.05. The molecule has 3 aromatic heterocycles. The lowest BCUT2D eigenvalue weighted by Crippen LogP contribution is -2.44. The lowest BCUT2D eigenvalue weighted by Gasteiger charge is -2.42. The Morgan fingerprint density at radius 3 is 2.77 bits per heavy atom. The third-order valence-corrected chi connectivity index (χ3v) is 8.08. The van der Waals surface area contributed by atoms with E-state index >= 15 is 0 Å². The SMILES string of the molecule is CC(c1ccccc1)c1[nH]nc2nc(N3CCC4(CC3)Cc3scnc3[C@H]4N)cnc12. The largest absolute Gasteiger partial charge is 0.355 e. The van der Waals surface area contributed by atoms with Gasteiger partial charge in [-0.25, -0.2) is 15.0 Å². The topological polar surface area (TPSA) is 96.6 Å². The number of fused-ring (bicyclic) bond motifs is 2. The van der Waals surface area contributed by atoms with Crippen LogP contribution in [0.3, 0.4) is 0 Å². The van der Waals surface area contributed by atoms with Gasteiger partial charge in [-0.05, 0) is 30.2 Å². The highest BCUT2D eigenvalue weighted by Crippen LogP contribution is 2.51. The van der Waals surface area contributed by atoms with Crippen LogP contribution in [-0.2, 0) is 6.42 Å². The molecule has 7 nitrogen and oxygen atoms in total. The fourth-order valence-electron chi connectivity index (χ4n) is 5.22. The smallest absolute Gasteiger partial charge is 0.201 e. The summed E-state index contributed by atoms with van der Waals surface area (Å²) in [5, 5.41) is 7.65. The van der Waals surface area contributed by atoms with Crippen molar-refractivity contribution in [2.24, 2.45) is 11.1 Å². The minimum atomic E-state index is 0.0536. The summed E-state index contributed by atoms with van der Waals surface area (Å²) in [5.41, 5.74) is 13.6. The summed E-state index contributed by atoms with van der Waals surface area (Å²) in [6.45, 7) is 4.03. The van der Waals surface area contributed by atoms with E-state index in [4.69, 9.17) is 15.7 Å². The third-order valence-electron chi connectivity index (χ3n) is 7.23. The van der Waals surface area contributed by atoms with Gasteiger partial charge in [-0.15, -0.1) is 11.3 Å². The highest BCUT2D eigenvalue weighted by atomic mass is 32.1. The molecule has 1 spiro atoms. The fourth-order valence-corrected chi connectivity index (χ4v) is 6.19. The minimum absolute atomic E-state index is 0.0536. The van der Waals surface area contributed by atoms with Crippen LogP contribution in [-0.4, -0.2) is 38.2 Å². The number of nitrogens with one attached hydrogen (secondary N) is 1. The predicted molar refractivity (Wildman–Crippen MR) is 122 cm³/mol. The van der Waals surface area contributed by atoms with Gasteiger partial charge in [0.1, 0.15) is 11.3 Å². The van der Waals surface area contributed by atoms with Gasteiger partial charge in [-0.2, -0.15) is 5.10 Å². The number of H-pyrrole nitrogens is 1. The van der Waals surface area contributed by atoms with Crippen LogP contribution < -0.4 is 10.6 Å². The van der Waals surface area contributed by atoms with E-state index in [1.165, 1.54) is 10.4 Å². The first-order valence-electron chi connectivity index (χ1n) is 10.8. The molecule has 31 heavy (non-hydrogen) atoms. The van der Waals surface area contributed by atoms with Gasteiger partial charge in [0, 0.05) is 23.9 Å². The monoisotopic (exact) mass is 431 g/mol. The van der Waals surface area contributed by atoms with E-state index in [-0.39, 0.29) is 17.4 Å². The first-order chi connectivity index (χ1) is 15.1. The van der Waals surface area contributed by atoms with Gasteiger partial charge in [0.25, 0.3) is 0 Å². The molecule has 0 radical (unpaired) electrons. The van der Waals surface area contributed by atoms with Crippen LogP contribution in [0.1, 0.15) is 53.6 Å². The van der Waals surface area contributed by atoms with E-state index in [2.05, 4.69) is 51.3 Å². The molecule has 0 bridgehead atoms. The lowest BCUT2D eigenvalue weighted by molar-refractivity contribution is 0.186. The summed E-state index contributed by atoms with van der Waals surface area (Å²) in [4.78, 5) is 17.8. The summed E-state index contributed by atoms with van der Waals surface area (Å²) >= 11 is 1.75. The van der Waals surface area contributed by atoms with Gasteiger partial charge in [-0.1, -0.05) is 37.3 Å². The van der Waals surface area contributed by atoms with Crippen LogP contribution in [0.2, 0.25) is 0 Å². The molecule has 1 fully saturated rings. The number of aromatic nitrogens is 5. The number of benzene rings is 1.